The number of hydrogen-bond donors (Lipinski definition) is 3. The van der Waals surface area contributed by atoms with E-state index in [0.29, 0.717) is 61.7 Å². The quantitative estimate of drug-likeness (QED) is 0.232. The molecule has 2 aliphatic rings. The number of hydrogen-bond acceptors (Lipinski definition) is 11. The van der Waals surface area contributed by atoms with Crippen LogP contribution in [0.4, 0.5) is 23.4 Å². The molecule has 222 valence electrons. The summed E-state index contributed by atoms with van der Waals surface area (Å²) in [6, 6.07) is 14.8. The lowest BCUT2D eigenvalue weighted by Gasteiger charge is -2.31. The molecule has 6 rings (SSSR count). The maximum absolute atomic E-state index is 13.0. The van der Waals surface area contributed by atoms with Gasteiger partial charge in [-0.2, -0.15) is 9.97 Å². The molecule has 12 nitrogen and oxygen atoms in total. The molecule has 2 aromatic heterocycles. The van der Waals surface area contributed by atoms with Crippen molar-refractivity contribution in [2.75, 3.05) is 55.0 Å². The molecule has 0 bridgehead atoms. The highest BCUT2D eigenvalue weighted by atomic mass is 16.5. The number of nitrogens with one attached hydrogen (secondary N) is 2. The van der Waals surface area contributed by atoms with Gasteiger partial charge >= 0.3 is 0 Å². The van der Waals surface area contributed by atoms with E-state index in [1.165, 1.54) is 0 Å². The molecule has 12 heteroatoms. The Balaban J connectivity index is 1.33. The number of fused-ring (bicyclic) bond motifs is 1. The molecule has 1 saturated heterocycles. The molecule has 2 aromatic carbocycles. The average molecular weight is 583 g/mol. The molecule has 0 aliphatic carbocycles. The second kappa shape index (κ2) is 11.8. The van der Waals surface area contributed by atoms with Gasteiger partial charge < -0.3 is 34.8 Å². The lowest BCUT2D eigenvalue weighted by molar-refractivity contribution is 0.0652. The monoisotopic (exact) mass is 582 g/mol. The second-order valence-corrected chi connectivity index (χ2v) is 10.9. The van der Waals surface area contributed by atoms with E-state index in [4.69, 9.17) is 14.2 Å². The lowest BCUT2D eigenvalue weighted by atomic mass is 9.93. The summed E-state index contributed by atoms with van der Waals surface area (Å²) in [4.78, 5) is 30.8. The summed E-state index contributed by atoms with van der Waals surface area (Å²) in [5, 5.41) is 21.1. The number of carbonyl (C=O) groups is 1. The SMILES string of the molecule is C=CCN1C(=O)c2ccc(Nc3ncc(-c4nc(N5CCOCC5)no4)c(N[C@H](CO)c4ccccc4)n3)cc2C1(C)C. The zero-order valence-electron chi connectivity index (χ0n) is 24.2. The number of rotatable bonds is 10. The van der Waals surface area contributed by atoms with E-state index in [-0.39, 0.29) is 18.4 Å². The van der Waals surface area contributed by atoms with Crippen LogP contribution >= 0.6 is 0 Å². The average Bonchev–Trinajstić information content (AvgIpc) is 3.59. The Morgan fingerprint density at radius 2 is 1.91 bits per heavy atom. The van der Waals surface area contributed by atoms with E-state index < -0.39 is 11.6 Å². The first-order valence-corrected chi connectivity index (χ1v) is 14.2. The summed E-state index contributed by atoms with van der Waals surface area (Å²) in [5.74, 6) is 1.42. The van der Waals surface area contributed by atoms with Gasteiger partial charge in [0.2, 0.25) is 5.95 Å². The second-order valence-electron chi connectivity index (χ2n) is 10.9. The topological polar surface area (TPSA) is 142 Å². The van der Waals surface area contributed by atoms with Crippen LogP contribution in [0.2, 0.25) is 0 Å². The minimum Gasteiger partial charge on any atom is -0.394 e. The van der Waals surface area contributed by atoms with E-state index >= 15 is 0 Å². The van der Waals surface area contributed by atoms with Crippen molar-refractivity contribution in [3.05, 3.63) is 84.1 Å². The summed E-state index contributed by atoms with van der Waals surface area (Å²) >= 11 is 0. The molecular weight excluding hydrogens is 548 g/mol. The predicted octanol–water partition coefficient (Wildman–Crippen LogP) is 4.13. The third-order valence-electron chi connectivity index (χ3n) is 7.82. The number of benzene rings is 2. The van der Waals surface area contributed by atoms with Crippen LogP contribution in [0.3, 0.4) is 0 Å². The van der Waals surface area contributed by atoms with Crippen molar-refractivity contribution in [3.63, 3.8) is 0 Å². The zero-order chi connectivity index (χ0) is 30.0. The Kier molecular flexibility index (Phi) is 7.78. The highest BCUT2D eigenvalue weighted by Crippen LogP contribution is 2.40. The van der Waals surface area contributed by atoms with Crippen molar-refractivity contribution in [1.29, 1.82) is 0 Å². The number of anilines is 4. The number of ether oxygens (including phenoxy) is 1. The maximum atomic E-state index is 13.0. The van der Waals surface area contributed by atoms with Gasteiger partial charge in [-0.15, -0.1) is 6.58 Å². The number of amides is 1. The van der Waals surface area contributed by atoms with Crippen molar-refractivity contribution >= 4 is 29.3 Å². The Bertz CT molecular complexity index is 1620. The summed E-state index contributed by atoms with van der Waals surface area (Å²) in [6.45, 7) is 10.6. The van der Waals surface area contributed by atoms with E-state index in [1.807, 2.05) is 67.3 Å². The van der Waals surface area contributed by atoms with Crippen LogP contribution in [0.15, 0.2) is 71.9 Å². The zero-order valence-corrected chi connectivity index (χ0v) is 24.2. The number of carbonyl (C=O) groups excluding carboxylic acids is 1. The van der Waals surface area contributed by atoms with Crippen molar-refractivity contribution < 1.29 is 19.2 Å². The minimum atomic E-state index is -0.504. The van der Waals surface area contributed by atoms with E-state index in [0.717, 1.165) is 16.8 Å². The first-order valence-electron chi connectivity index (χ1n) is 14.2. The van der Waals surface area contributed by atoms with Gasteiger partial charge in [0.05, 0.1) is 31.4 Å². The molecule has 4 heterocycles. The largest absolute Gasteiger partial charge is 0.394 e. The normalized spacial score (nSPS) is 16.6. The Hall–Kier alpha value is -4.81. The van der Waals surface area contributed by atoms with Crippen LogP contribution in [0.5, 0.6) is 0 Å². The van der Waals surface area contributed by atoms with Crippen LogP contribution in [0, 0.1) is 0 Å². The van der Waals surface area contributed by atoms with Crippen molar-refractivity contribution in [3.8, 4) is 11.5 Å². The fourth-order valence-electron chi connectivity index (χ4n) is 5.44. The number of aliphatic hydroxyl groups excluding tert-OH is 1. The molecule has 1 atom stereocenters. The van der Waals surface area contributed by atoms with Crippen LogP contribution in [-0.2, 0) is 10.3 Å². The molecule has 43 heavy (non-hydrogen) atoms. The molecule has 3 N–H and O–H groups in total. The molecular formula is C31H34N8O4. The molecule has 4 aromatic rings. The van der Waals surface area contributed by atoms with Crippen LogP contribution in [0.25, 0.3) is 11.5 Å². The fraction of sp³-hybridized carbons (Fsp3) is 0.323. The van der Waals surface area contributed by atoms with Gasteiger partial charge in [-0.3, -0.25) is 4.79 Å². The lowest BCUT2D eigenvalue weighted by Crippen LogP contribution is -2.39. The fourth-order valence-corrected chi connectivity index (χ4v) is 5.44. The minimum absolute atomic E-state index is 0.0227. The molecule has 2 aliphatic heterocycles. The number of nitrogens with zero attached hydrogens (tertiary/aromatic N) is 6. The highest BCUT2D eigenvalue weighted by Gasteiger charge is 2.42. The van der Waals surface area contributed by atoms with Gasteiger partial charge in [-0.1, -0.05) is 36.4 Å². The van der Waals surface area contributed by atoms with E-state index in [2.05, 4.69) is 32.3 Å². The summed E-state index contributed by atoms with van der Waals surface area (Å²) in [5.41, 5.74) is 3.18. The van der Waals surface area contributed by atoms with Gasteiger partial charge in [-0.25, -0.2) is 4.98 Å². The van der Waals surface area contributed by atoms with E-state index in [1.54, 1.807) is 17.2 Å². The van der Waals surface area contributed by atoms with Crippen molar-refractivity contribution in [1.82, 2.24) is 25.0 Å². The molecule has 0 spiro atoms. The molecule has 0 radical (unpaired) electrons. The first kappa shape index (κ1) is 28.3. The highest BCUT2D eigenvalue weighted by molar-refractivity contribution is 6.00. The Labute approximate surface area is 249 Å². The standard InChI is InChI=1S/C31H34N8O4/c1-4-12-39-28(41)22-11-10-21(17-24(22)31(39,2)3)33-29-32-18-23(27-36-30(37-43-27)38-13-15-42-16-14-38)26(35-29)34-25(19-40)20-8-6-5-7-9-20/h4-11,17-18,25,40H,1,12-16,19H2,2-3H3,(H2,32,33,34,35)/t25-/m1/s1. The summed E-state index contributed by atoms with van der Waals surface area (Å²) < 4.78 is 11.1. The predicted molar refractivity (Wildman–Crippen MR) is 162 cm³/mol. The Morgan fingerprint density at radius 3 is 2.65 bits per heavy atom. The number of morpholine rings is 1. The van der Waals surface area contributed by atoms with Gasteiger partial charge in [0, 0.05) is 37.1 Å². The van der Waals surface area contributed by atoms with E-state index in [9.17, 15) is 9.90 Å². The van der Waals surface area contributed by atoms with Crippen LogP contribution < -0.4 is 15.5 Å². The van der Waals surface area contributed by atoms with Gasteiger partial charge in [0.15, 0.2) is 0 Å². The summed E-state index contributed by atoms with van der Waals surface area (Å²) in [7, 11) is 0. The summed E-state index contributed by atoms with van der Waals surface area (Å²) in [6.07, 6.45) is 3.34. The molecule has 0 unspecified atom stereocenters. The van der Waals surface area contributed by atoms with Crippen molar-refractivity contribution in [2.24, 2.45) is 0 Å². The van der Waals surface area contributed by atoms with Gasteiger partial charge in [0.25, 0.3) is 17.7 Å². The smallest absolute Gasteiger partial charge is 0.266 e. The van der Waals surface area contributed by atoms with Crippen LogP contribution in [0.1, 0.15) is 41.4 Å². The van der Waals surface area contributed by atoms with Crippen LogP contribution in [-0.4, -0.2) is 75.5 Å². The number of aliphatic hydroxyl groups is 1. The van der Waals surface area contributed by atoms with Crippen molar-refractivity contribution in [2.45, 2.75) is 25.4 Å². The molecule has 1 amide bonds. The van der Waals surface area contributed by atoms with Gasteiger partial charge in [-0.05, 0) is 48.3 Å². The first-order chi connectivity index (χ1) is 20.9. The molecule has 0 saturated carbocycles. The Morgan fingerprint density at radius 1 is 1.12 bits per heavy atom. The van der Waals surface area contributed by atoms with Gasteiger partial charge in [0.1, 0.15) is 11.4 Å². The maximum Gasteiger partial charge on any atom is 0.266 e. The third-order valence-corrected chi connectivity index (χ3v) is 7.82. The third kappa shape index (κ3) is 5.54. The molecule has 1 fully saturated rings. The number of aromatic nitrogens is 4.